The molecule has 0 spiro atoms. The molecule has 2 aliphatic rings. The van der Waals surface area contributed by atoms with Gasteiger partial charge in [-0.15, -0.1) is 0 Å². The highest BCUT2D eigenvalue weighted by molar-refractivity contribution is 5.82. The molecule has 5 nitrogen and oxygen atoms in total. The van der Waals surface area contributed by atoms with Crippen LogP contribution in [0.3, 0.4) is 0 Å². The Bertz CT molecular complexity index is 571. The predicted octanol–water partition coefficient (Wildman–Crippen LogP) is 2.69. The molecular weight excluding hydrogens is 314 g/mol. The Balaban J connectivity index is 1.58. The van der Waals surface area contributed by atoms with Gasteiger partial charge < -0.3 is 14.9 Å². The van der Waals surface area contributed by atoms with Crippen molar-refractivity contribution in [2.75, 3.05) is 31.1 Å². The van der Waals surface area contributed by atoms with Gasteiger partial charge in [0, 0.05) is 44.0 Å². The van der Waals surface area contributed by atoms with E-state index in [1.54, 1.807) is 12.1 Å². The summed E-state index contributed by atoms with van der Waals surface area (Å²) in [5.41, 5.74) is 1.13. The number of carbonyl (C=O) groups excluding carboxylic acids is 1. The van der Waals surface area contributed by atoms with Gasteiger partial charge in [0.2, 0.25) is 5.91 Å². The third-order valence-corrected chi connectivity index (χ3v) is 5.88. The van der Waals surface area contributed by atoms with Crippen LogP contribution in [-0.4, -0.2) is 65.1 Å². The second-order valence-electron chi connectivity index (χ2n) is 7.59. The van der Waals surface area contributed by atoms with Crippen LogP contribution < -0.4 is 4.90 Å². The number of rotatable bonds is 3. The molecule has 2 aliphatic heterocycles. The van der Waals surface area contributed by atoms with Crippen molar-refractivity contribution in [3.05, 3.63) is 24.3 Å². The minimum absolute atomic E-state index is 0.0510. The maximum Gasteiger partial charge on any atom is 0.240 e. The molecule has 2 saturated heterocycles. The van der Waals surface area contributed by atoms with E-state index in [4.69, 9.17) is 0 Å². The van der Waals surface area contributed by atoms with E-state index in [0.29, 0.717) is 17.8 Å². The summed E-state index contributed by atoms with van der Waals surface area (Å²) < 4.78 is 0. The van der Waals surface area contributed by atoms with Crippen LogP contribution in [0.15, 0.2) is 24.3 Å². The highest BCUT2D eigenvalue weighted by atomic mass is 16.3. The van der Waals surface area contributed by atoms with Gasteiger partial charge in [0.25, 0.3) is 0 Å². The highest BCUT2D eigenvalue weighted by Crippen LogP contribution is 2.25. The summed E-state index contributed by atoms with van der Waals surface area (Å²) in [4.78, 5) is 19.8. The standard InChI is InChI=1S/C20H31N3O2/c1-15-5-4-6-16(2)23(15)20(25)17(3)21-11-13-22(14-12-21)18-7-9-19(24)10-8-18/h7-10,15-17,24H,4-6,11-14H2,1-3H3/t15-,16-,17-/m1/s1. The van der Waals surface area contributed by atoms with Crippen molar-refractivity contribution >= 4 is 11.6 Å². The minimum Gasteiger partial charge on any atom is -0.508 e. The molecule has 2 fully saturated rings. The van der Waals surface area contributed by atoms with E-state index < -0.39 is 0 Å². The SMILES string of the molecule is C[C@H](C(=O)N1[C@H](C)CCC[C@H]1C)N1CCN(c2ccc(O)cc2)CC1. The summed E-state index contributed by atoms with van der Waals surface area (Å²) in [7, 11) is 0. The minimum atomic E-state index is -0.0510. The Kier molecular flexibility index (Phi) is 5.52. The van der Waals surface area contributed by atoms with E-state index in [9.17, 15) is 9.90 Å². The molecule has 0 radical (unpaired) electrons. The fourth-order valence-corrected chi connectivity index (χ4v) is 4.26. The van der Waals surface area contributed by atoms with Crippen molar-refractivity contribution < 1.29 is 9.90 Å². The van der Waals surface area contributed by atoms with Crippen LogP contribution >= 0.6 is 0 Å². The molecule has 25 heavy (non-hydrogen) atoms. The number of amides is 1. The average Bonchev–Trinajstić information content (AvgIpc) is 2.61. The normalized spacial score (nSPS) is 26.5. The van der Waals surface area contributed by atoms with Gasteiger partial charge in [-0.2, -0.15) is 0 Å². The number of aromatic hydroxyl groups is 1. The molecular formula is C20H31N3O2. The first-order valence-corrected chi connectivity index (χ1v) is 9.57. The first-order valence-electron chi connectivity index (χ1n) is 9.57. The molecule has 0 aromatic heterocycles. The Morgan fingerprint density at radius 2 is 1.60 bits per heavy atom. The lowest BCUT2D eigenvalue weighted by molar-refractivity contribution is -0.142. The van der Waals surface area contributed by atoms with Crippen LogP contribution in [0, 0.1) is 0 Å². The van der Waals surface area contributed by atoms with Crippen molar-refractivity contribution in [1.82, 2.24) is 9.80 Å². The summed E-state index contributed by atoms with van der Waals surface area (Å²) in [6.07, 6.45) is 3.47. The average molecular weight is 345 g/mol. The molecule has 0 bridgehead atoms. The lowest BCUT2D eigenvalue weighted by Gasteiger charge is -2.44. The Labute approximate surface area is 151 Å². The molecule has 138 valence electrons. The summed E-state index contributed by atoms with van der Waals surface area (Å²) in [5.74, 6) is 0.587. The van der Waals surface area contributed by atoms with E-state index in [1.807, 2.05) is 12.1 Å². The zero-order valence-electron chi connectivity index (χ0n) is 15.7. The van der Waals surface area contributed by atoms with Gasteiger partial charge in [-0.1, -0.05) is 0 Å². The number of hydrogen-bond acceptors (Lipinski definition) is 4. The quantitative estimate of drug-likeness (QED) is 0.915. The van der Waals surface area contributed by atoms with Gasteiger partial charge in [0.1, 0.15) is 5.75 Å². The van der Waals surface area contributed by atoms with Gasteiger partial charge in [0.05, 0.1) is 6.04 Å². The summed E-state index contributed by atoms with van der Waals surface area (Å²) >= 11 is 0. The molecule has 2 heterocycles. The first-order chi connectivity index (χ1) is 12.0. The molecule has 3 atom stereocenters. The predicted molar refractivity (Wildman–Crippen MR) is 101 cm³/mol. The third-order valence-electron chi connectivity index (χ3n) is 5.88. The van der Waals surface area contributed by atoms with Crippen LogP contribution in [0.25, 0.3) is 0 Å². The fraction of sp³-hybridized carbons (Fsp3) is 0.650. The second-order valence-corrected chi connectivity index (χ2v) is 7.59. The Morgan fingerprint density at radius 1 is 1.04 bits per heavy atom. The third kappa shape index (κ3) is 3.92. The number of carbonyl (C=O) groups is 1. The summed E-state index contributed by atoms with van der Waals surface area (Å²) in [6.45, 7) is 10.0. The van der Waals surface area contributed by atoms with Crippen molar-refractivity contribution in [3.8, 4) is 5.75 Å². The largest absolute Gasteiger partial charge is 0.508 e. The van der Waals surface area contributed by atoms with E-state index in [0.717, 1.165) is 44.7 Å². The van der Waals surface area contributed by atoms with Gasteiger partial charge >= 0.3 is 0 Å². The molecule has 1 aromatic carbocycles. The van der Waals surface area contributed by atoms with E-state index >= 15 is 0 Å². The molecule has 1 N–H and O–H groups in total. The van der Waals surface area contributed by atoms with Crippen molar-refractivity contribution in [3.63, 3.8) is 0 Å². The van der Waals surface area contributed by atoms with Crippen molar-refractivity contribution in [1.29, 1.82) is 0 Å². The molecule has 1 amide bonds. The number of nitrogens with zero attached hydrogens (tertiary/aromatic N) is 3. The van der Waals surface area contributed by atoms with E-state index in [2.05, 4.69) is 35.5 Å². The zero-order chi connectivity index (χ0) is 18.0. The van der Waals surface area contributed by atoms with E-state index in [1.165, 1.54) is 6.42 Å². The molecule has 0 aliphatic carbocycles. The van der Waals surface area contributed by atoms with Gasteiger partial charge in [-0.25, -0.2) is 0 Å². The van der Waals surface area contributed by atoms with E-state index in [-0.39, 0.29) is 11.9 Å². The number of phenols is 1. The van der Waals surface area contributed by atoms with Crippen LogP contribution in [0.2, 0.25) is 0 Å². The maximum atomic E-state index is 13.1. The fourth-order valence-electron chi connectivity index (χ4n) is 4.26. The smallest absolute Gasteiger partial charge is 0.240 e. The summed E-state index contributed by atoms with van der Waals surface area (Å²) in [6, 6.07) is 8.03. The van der Waals surface area contributed by atoms with Crippen LogP contribution in [0.1, 0.15) is 40.0 Å². The van der Waals surface area contributed by atoms with Gasteiger partial charge in [0.15, 0.2) is 0 Å². The molecule has 0 saturated carbocycles. The van der Waals surface area contributed by atoms with Crippen molar-refractivity contribution in [2.45, 2.75) is 58.2 Å². The Hall–Kier alpha value is -1.75. The molecule has 0 unspecified atom stereocenters. The number of likely N-dealkylation sites (tertiary alicyclic amines) is 1. The second kappa shape index (κ2) is 7.65. The summed E-state index contributed by atoms with van der Waals surface area (Å²) in [5, 5.41) is 9.43. The lowest BCUT2D eigenvalue weighted by Crippen LogP contribution is -2.58. The Morgan fingerprint density at radius 3 is 2.16 bits per heavy atom. The number of benzene rings is 1. The lowest BCUT2D eigenvalue weighted by atomic mass is 9.96. The van der Waals surface area contributed by atoms with Gasteiger partial charge in [-0.05, 0) is 64.3 Å². The number of piperidine rings is 1. The number of piperazine rings is 1. The maximum absolute atomic E-state index is 13.1. The molecule has 1 aromatic rings. The highest BCUT2D eigenvalue weighted by Gasteiger charge is 2.34. The topological polar surface area (TPSA) is 47.0 Å². The monoisotopic (exact) mass is 345 g/mol. The number of anilines is 1. The number of hydrogen-bond donors (Lipinski definition) is 1. The first kappa shape index (κ1) is 18.1. The van der Waals surface area contributed by atoms with Crippen LogP contribution in [0.4, 0.5) is 5.69 Å². The zero-order valence-corrected chi connectivity index (χ0v) is 15.7. The molecule has 5 heteroatoms. The number of phenolic OH excluding ortho intramolecular Hbond substituents is 1. The van der Waals surface area contributed by atoms with Crippen LogP contribution in [0.5, 0.6) is 5.75 Å². The van der Waals surface area contributed by atoms with Crippen LogP contribution in [-0.2, 0) is 4.79 Å². The van der Waals surface area contributed by atoms with Crippen molar-refractivity contribution in [2.24, 2.45) is 0 Å². The molecule has 3 rings (SSSR count). The van der Waals surface area contributed by atoms with Gasteiger partial charge in [-0.3, -0.25) is 9.69 Å².